The van der Waals surface area contributed by atoms with Crippen LogP contribution in [0.15, 0.2) is 18.2 Å². The van der Waals surface area contributed by atoms with Crippen molar-refractivity contribution in [2.75, 3.05) is 18.5 Å². The minimum atomic E-state index is -0.457. The smallest absolute Gasteiger partial charge is 0.319 e. The molecule has 0 atom stereocenters. The number of amides is 2. The van der Waals surface area contributed by atoms with Crippen molar-refractivity contribution in [3.8, 4) is 11.8 Å². The molecule has 0 aliphatic rings. The van der Waals surface area contributed by atoms with Crippen molar-refractivity contribution >= 4 is 11.7 Å². The van der Waals surface area contributed by atoms with Gasteiger partial charge in [0.2, 0.25) is 0 Å². The van der Waals surface area contributed by atoms with Crippen molar-refractivity contribution in [3.63, 3.8) is 0 Å². The van der Waals surface area contributed by atoms with E-state index in [1.165, 1.54) is 18.2 Å². The van der Waals surface area contributed by atoms with Gasteiger partial charge in [-0.2, -0.15) is 0 Å². The van der Waals surface area contributed by atoms with Crippen LogP contribution < -0.4 is 10.6 Å². The highest BCUT2D eigenvalue weighted by molar-refractivity contribution is 5.89. The number of hydrogen-bond donors (Lipinski definition) is 3. The maximum Gasteiger partial charge on any atom is 0.319 e. The Bertz CT molecular complexity index is 478. The summed E-state index contributed by atoms with van der Waals surface area (Å²) in [5.74, 6) is 4.78. The fourth-order valence-corrected chi connectivity index (χ4v) is 1.25. The molecule has 0 heterocycles. The van der Waals surface area contributed by atoms with E-state index in [1.807, 2.05) is 0 Å². The molecule has 1 aromatic carbocycles. The molecule has 0 saturated heterocycles. The van der Waals surface area contributed by atoms with Gasteiger partial charge in [-0.05, 0) is 25.1 Å². The molecule has 0 saturated carbocycles. The highest BCUT2D eigenvalue weighted by Gasteiger charge is 2.03. The van der Waals surface area contributed by atoms with E-state index in [-0.39, 0.29) is 24.6 Å². The Balaban J connectivity index is 2.81. The summed E-state index contributed by atoms with van der Waals surface area (Å²) in [7, 11) is 0. The highest BCUT2D eigenvalue weighted by atomic mass is 19.1. The van der Waals surface area contributed by atoms with Crippen LogP contribution in [0.25, 0.3) is 0 Å². The lowest BCUT2D eigenvalue weighted by molar-refractivity contribution is 0.252. The Morgan fingerprint density at radius 3 is 2.94 bits per heavy atom. The number of carbonyl (C=O) groups is 1. The topological polar surface area (TPSA) is 61.4 Å². The number of benzene rings is 1. The minimum Gasteiger partial charge on any atom is -0.395 e. The lowest BCUT2D eigenvalue weighted by atomic mass is 10.2. The number of carbonyl (C=O) groups excluding carboxylic acids is 1. The summed E-state index contributed by atoms with van der Waals surface area (Å²) >= 11 is 0. The van der Waals surface area contributed by atoms with Gasteiger partial charge in [-0.15, -0.1) is 0 Å². The van der Waals surface area contributed by atoms with Gasteiger partial charge in [-0.25, -0.2) is 9.18 Å². The van der Waals surface area contributed by atoms with Crippen LogP contribution >= 0.6 is 0 Å². The molecule has 1 aromatic rings. The summed E-state index contributed by atoms with van der Waals surface area (Å²) in [6, 6.07) is 3.81. The second-order valence-corrected chi connectivity index (χ2v) is 3.45. The third-order valence-electron chi connectivity index (χ3n) is 2.02. The van der Waals surface area contributed by atoms with Gasteiger partial charge in [-0.1, -0.05) is 11.8 Å². The van der Waals surface area contributed by atoms with Crippen molar-refractivity contribution in [2.24, 2.45) is 0 Å². The average Bonchev–Trinajstić information content (AvgIpc) is 2.34. The van der Waals surface area contributed by atoms with Crippen molar-refractivity contribution in [1.29, 1.82) is 0 Å². The summed E-state index contributed by atoms with van der Waals surface area (Å²) in [6.07, 6.45) is 0.285. The van der Waals surface area contributed by atoms with Crippen LogP contribution in [-0.2, 0) is 0 Å². The molecule has 96 valence electrons. The number of rotatable bonds is 3. The van der Waals surface area contributed by atoms with Gasteiger partial charge < -0.3 is 15.7 Å². The molecule has 3 N–H and O–H groups in total. The van der Waals surface area contributed by atoms with E-state index in [4.69, 9.17) is 5.11 Å². The largest absolute Gasteiger partial charge is 0.395 e. The molecular formula is C13H15FN2O2. The number of nitrogens with one attached hydrogen (secondary N) is 2. The van der Waals surface area contributed by atoms with E-state index in [0.717, 1.165) is 0 Å². The molecular weight excluding hydrogens is 235 g/mol. The number of aliphatic hydroxyl groups is 1. The average molecular weight is 250 g/mol. The van der Waals surface area contributed by atoms with Crippen LogP contribution in [0.5, 0.6) is 0 Å². The Morgan fingerprint density at radius 1 is 1.50 bits per heavy atom. The second-order valence-electron chi connectivity index (χ2n) is 3.45. The van der Waals surface area contributed by atoms with Crippen LogP contribution in [0.4, 0.5) is 14.9 Å². The predicted octanol–water partition coefficient (Wildman–Crippen LogP) is 1.70. The van der Waals surface area contributed by atoms with Gasteiger partial charge in [-0.3, -0.25) is 0 Å². The quantitative estimate of drug-likeness (QED) is 0.715. The highest BCUT2D eigenvalue weighted by Crippen LogP contribution is 2.13. The Kier molecular flexibility index (Phi) is 5.68. The van der Waals surface area contributed by atoms with Crippen LogP contribution in [0.1, 0.15) is 18.9 Å². The van der Waals surface area contributed by atoms with E-state index >= 15 is 0 Å². The van der Waals surface area contributed by atoms with Gasteiger partial charge in [0.25, 0.3) is 0 Å². The standard InChI is InChI=1S/C13H15FN2O2/c1-2-15-13(18)16-11-6-7-12(14)10(9-11)5-3-4-8-17/h6-7,9,17H,2,4,8H2,1H3,(H2,15,16,18). The first-order valence-corrected chi connectivity index (χ1v) is 5.61. The van der Waals surface area contributed by atoms with Crippen molar-refractivity contribution in [1.82, 2.24) is 5.32 Å². The van der Waals surface area contributed by atoms with E-state index in [0.29, 0.717) is 12.2 Å². The molecule has 4 nitrogen and oxygen atoms in total. The zero-order valence-electron chi connectivity index (χ0n) is 10.1. The number of anilines is 1. The summed E-state index contributed by atoms with van der Waals surface area (Å²) < 4.78 is 13.4. The molecule has 2 amide bonds. The van der Waals surface area contributed by atoms with Crippen LogP contribution in [0, 0.1) is 17.7 Å². The third kappa shape index (κ3) is 4.44. The first-order valence-electron chi connectivity index (χ1n) is 5.61. The molecule has 0 spiro atoms. The van der Waals surface area contributed by atoms with Crippen LogP contribution in [0.3, 0.4) is 0 Å². The lowest BCUT2D eigenvalue weighted by Gasteiger charge is -2.06. The van der Waals surface area contributed by atoms with Crippen molar-refractivity contribution < 1.29 is 14.3 Å². The SMILES string of the molecule is CCNC(=O)Nc1ccc(F)c(C#CCCO)c1. The molecule has 0 aliphatic carbocycles. The zero-order chi connectivity index (χ0) is 13.4. The molecule has 1 rings (SSSR count). The normalized spacial score (nSPS) is 9.28. The van der Waals surface area contributed by atoms with E-state index < -0.39 is 5.82 Å². The van der Waals surface area contributed by atoms with Gasteiger partial charge in [0.15, 0.2) is 0 Å². The number of hydrogen-bond acceptors (Lipinski definition) is 2. The molecule has 0 radical (unpaired) electrons. The van der Waals surface area contributed by atoms with Gasteiger partial charge in [0, 0.05) is 18.7 Å². The molecule has 18 heavy (non-hydrogen) atoms. The molecule has 5 heteroatoms. The molecule has 0 unspecified atom stereocenters. The maximum absolute atomic E-state index is 13.4. The zero-order valence-corrected chi connectivity index (χ0v) is 10.1. The summed E-state index contributed by atoms with van der Waals surface area (Å²) in [5, 5.41) is 13.7. The van der Waals surface area contributed by atoms with Gasteiger partial charge in [0.05, 0.1) is 12.2 Å². The first kappa shape index (κ1) is 14.0. The first-order chi connectivity index (χ1) is 8.67. The summed E-state index contributed by atoms with van der Waals surface area (Å²) in [4.78, 5) is 11.3. The number of halogens is 1. The molecule has 0 bridgehead atoms. The predicted molar refractivity (Wildman–Crippen MR) is 67.7 cm³/mol. The van der Waals surface area contributed by atoms with E-state index in [9.17, 15) is 9.18 Å². The minimum absolute atomic E-state index is 0.0640. The fraction of sp³-hybridized carbons (Fsp3) is 0.308. The third-order valence-corrected chi connectivity index (χ3v) is 2.02. The van der Waals surface area contributed by atoms with E-state index in [2.05, 4.69) is 22.5 Å². The Labute approximate surface area is 105 Å². The monoisotopic (exact) mass is 250 g/mol. The second kappa shape index (κ2) is 7.30. The Hall–Kier alpha value is -2.06. The van der Waals surface area contributed by atoms with Crippen LogP contribution in [-0.4, -0.2) is 24.3 Å². The maximum atomic E-state index is 13.4. The number of urea groups is 1. The summed E-state index contributed by atoms with van der Waals surface area (Å²) in [5.41, 5.74) is 0.661. The van der Waals surface area contributed by atoms with Crippen LogP contribution in [0.2, 0.25) is 0 Å². The molecule has 0 fully saturated rings. The summed E-state index contributed by atoms with van der Waals surface area (Å²) in [6.45, 7) is 2.25. The lowest BCUT2D eigenvalue weighted by Crippen LogP contribution is -2.28. The number of aliphatic hydroxyl groups excluding tert-OH is 1. The Morgan fingerprint density at radius 2 is 2.28 bits per heavy atom. The van der Waals surface area contributed by atoms with Crippen molar-refractivity contribution in [3.05, 3.63) is 29.6 Å². The molecule has 0 aromatic heterocycles. The van der Waals surface area contributed by atoms with E-state index in [1.54, 1.807) is 6.92 Å². The fourth-order valence-electron chi connectivity index (χ4n) is 1.25. The van der Waals surface area contributed by atoms with Gasteiger partial charge in [0.1, 0.15) is 5.82 Å². The van der Waals surface area contributed by atoms with Gasteiger partial charge >= 0.3 is 6.03 Å². The van der Waals surface area contributed by atoms with Crippen molar-refractivity contribution in [2.45, 2.75) is 13.3 Å². The molecule has 0 aliphatic heterocycles.